The minimum absolute atomic E-state index is 0.0503. The second kappa shape index (κ2) is 11.3. The van der Waals surface area contributed by atoms with Gasteiger partial charge in [0, 0.05) is 11.1 Å². The monoisotopic (exact) mass is 508 g/mol. The summed E-state index contributed by atoms with van der Waals surface area (Å²) in [7, 11) is 0. The molecule has 0 aliphatic heterocycles. The van der Waals surface area contributed by atoms with E-state index < -0.39 is 29.4 Å². The summed E-state index contributed by atoms with van der Waals surface area (Å²) >= 11 is 0. The summed E-state index contributed by atoms with van der Waals surface area (Å²) in [6.07, 6.45) is 0.765. The average molecular weight is 509 g/mol. The third-order valence-electron chi connectivity index (χ3n) is 5.81. The molecule has 0 aliphatic carbocycles. The fourth-order valence-corrected chi connectivity index (χ4v) is 3.76. The first-order valence-electron chi connectivity index (χ1n) is 11.5. The number of aliphatic hydroxyl groups excluding tert-OH is 1. The largest absolute Gasteiger partial charge is 0.486 e. The molecule has 0 bridgehead atoms. The maximum Gasteiger partial charge on any atom is 0.201 e. The van der Waals surface area contributed by atoms with Gasteiger partial charge in [-0.2, -0.15) is 8.78 Å². The van der Waals surface area contributed by atoms with Gasteiger partial charge in [0.25, 0.3) is 0 Å². The Morgan fingerprint density at radius 2 is 1.19 bits per heavy atom. The zero-order valence-corrected chi connectivity index (χ0v) is 20.0. The van der Waals surface area contributed by atoms with E-state index in [0.717, 1.165) is 0 Å². The Kier molecular flexibility index (Phi) is 7.94. The van der Waals surface area contributed by atoms with Crippen molar-refractivity contribution in [3.05, 3.63) is 120 Å². The lowest BCUT2D eigenvalue weighted by molar-refractivity contribution is 0.199. The van der Waals surface area contributed by atoms with Crippen molar-refractivity contribution < 1.29 is 32.1 Å². The van der Waals surface area contributed by atoms with Crippen LogP contribution in [0.2, 0.25) is 0 Å². The maximum absolute atomic E-state index is 14.8. The van der Waals surface area contributed by atoms with Gasteiger partial charge in [-0.1, -0.05) is 61.2 Å². The summed E-state index contributed by atoms with van der Waals surface area (Å²) in [5.74, 6) is -4.76. The number of hydrogen-bond donors (Lipinski definition) is 1. The molecule has 3 nitrogen and oxygen atoms in total. The second-order valence-electron chi connectivity index (χ2n) is 8.36. The van der Waals surface area contributed by atoms with E-state index in [9.17, 15) is 22.7 Å². The van der Waals surface area contributed by atoms with Crippen LogP contribution in [0.4, 0.5) is 17.6 Å². The molecule has 37 heavy (non-hydrogen) atoms. The van der Waals surface area contributed by atoms with Crippen LogP contribution in [0.5, 0.6) is 11.5 Å². The van der Waals surface area contributed by atoms with Crippen molar-refractivity contribution in [1.29, 1.82) is 0 Å². The third-order valence-corrected chi connectivity index (χ3v) is 5.81. The molecule has 0 amide bonds. The van der Waals surface area contributed by atoms with Crippen molar-refractivity contribution in [1.82, 2.24) is 0 Å². The van der Waals surface area contributed by atoms with Crippen molar-refractivity contribution in [3.8, 4) is 33.8 Å². The number of halogens is 4. The van der Waals surface area contributed by atoms with Crippen LogP contribution in [0.15, 0.2) is 85.5 Å². The van der Waals surface area contributed by atoms with Gasteiger partial charge in [0.2, 0.25) is 11.6 Å². The van der Waals surface area contributed by atoms with Crippen LogP contribution in [-0.2, 0) is 6.61 Å². The van der Waals surface area contributed by atoms with Crippen LogP contribution in [0.1, 0.15) is 24.2 Å². The van der Waals surface area contributed by atoms with Crippen molar-refractivity contribution in [2.75, 3.05) is 6.61 Å². The van der Waals surface area contributed by atoms with Gasteiger partial charge in [0.15, 0.2) is 23.1 Å². The molecule has 0 aliphatic rings. The molecule has 4 aromatic rings. The molecule has 0 fully saturated rings. The highest BCUT2D eigenvalue weighted by atomic mass is 19.2. The van der Waals surface area contributed by atoms with Crippen molar-refractivity contribution in [2.24, 2.45) is 0 Å². The fraction of sp³-hybridized carbons (Fsp3) is 0.133. The van der Waals surface area contributed by atoms with Gasteiger partial charge < -0.3 is 14.6 Å². The van der Waals surface area contributed by atoms with E-state index in [1.54, 1.807) is 55.5 Å². The van der Waals surface area contributed by atoms with E-state index in [1.807, 2.05) is 0 Å². The van der Waals surface area contributed by atoms with Crippen LogP contribution in [0, 0.1) is 23.3 Å². The SMILES string of the molecule is C=CCOc1ccc(-c2ccc(COc3ccc(-c4ccc(C(C)O)cc4)c(F)c3F)cc2)c(F)c1F. The van der Waals surface area contributed by atoms with E-state index in [2.05, 4.69) is 6.58 Å². The molecule has 0 saturated carbocycles. The Balaban J connectivity index is 1.46. The molecule has 0 aromatic heterocycles. The normalized spacial score (nSPS) is 11.7. The summed E-state index contributed by atoms with van der Waals surface area (Å²) in [5, 5.41) is 9.62. The number of aliphatic hydroxyl groups is 1. The molecule has 190 valence electrons. The van der Waals surface area contributed by atoms with Gasteiger partial charge in [-0.25, -0.2) is 8.78 Å². The minimum atomic E-state index is -1.12. The van der Waals surface area contributed by atoms with Crippen LogP contribution in [0.3, 0.4) is 0 Å². The lowest BCUT2D eigenvalue weighted by Crippen LogP contribution is -2.01. The molecular formula is C30H24F4O3. The van der Waals surface area contributed by atoms with Gasteiger partial charge in [0.05, 0.1) is 6.10 Å². The first-order valence-corrected chi connectivity index (χ1v) is 11.5. The molecule has 4 rings (SSSR count). The molecule has 1 N–H and O–H groups in total. The molecule has 0 saturated heterocycles. The summed E-state index contributed by atoms with van der Waals surface area (Å²) in [6.45, 7) is 5.07. The number of hydrogen-bond acceptors (Lipinski definition) is 3. The predicted molar refractivity (Wildman–Crippen MR) is 134 cm³/mol. The van der Waals surface area contributed by atoms with E-state index in [1.165, 1.54) is 30.3 Å². The van der Waals surface area contributed by atoms with E-state index >= 15 is 0 Å². The maximum atomic E-state index is 14.8. The summed E-state index contributed by atoms with van der Waals surface area (Å²) < 4.78 is 68.9. The summed E-state index contributed by atoms with van der Waals surface area (Å²) in [5.41, 5.74) is 2.30. The molecule has 7 heteroatoms. The number of rotatable bonds is 9. The van der Waals surface area contributed by atoms with E-state index in [4.69, 9.17) is 9.47 Å². The zero-order valence-electron chi connectivity index (χ0n) is 20.0. The van der Waals surface area contributed by atoms with Gasteiger partial charge in [-0.15, -0.1) is 0 Å². The quantitative estimate of drug-likeness (QED) is 0.185. The molecule has 0 spiro atoms. The Morgan fingerprint density at radius 3 is 1.68 bits per heavy atom. The van der Waals surface area contributed by atoms with Gasteiger partial charge in [-0.05, 0) is 53.4 Å². The lowest BCUT2D eigenvalue weighted by atomic mass is 10.0. The first kappa shape index (κ1) is 26.0. The van der Waals surface area contributed by atoms with Gasteiger partial charge in [-0.3, -0.25) is 0 Å². The standard InChI is InChI=1S/C30H24F4O3/c1-3-16-36-25-14-12-23(27(31)29(25)33)21-6-4-19(5-7-21)17-37-26-15-13-24(28(32)30(26)34)22-10-8-20(9-11-22)18(2)35/h3-15,18,35H,1,16-17H2,2H3. The molecule has 0 heterocycles. The fourth-order valence-electron chi connectivity index (χ4n) is 3.76. The first-order chi connectivity index (χ1) is 17.8. The smallest absolute Gasteiger partial charge is 0.201 e. The van der Waals surface area contributed by atoms with Crippen LogP contribution >= 0.6 is 0 Å². The van der Waals surface area contributed by atoms with E-state index in [-0.39, 0.29) is 35.8 Å². The molecule has 0 radical (unpaired) electrons. The minimum Gasteiger partial charge on any atom is -0.486 e. The van der Waals surface area contributed by atoms with Gasteiger partial charge >= 0.3 is 0 Å². The van der Waals surface area contributed by atoms with Gasteiger partial charge in [0.1, 0.15) is 13.2 Å². The highest BCUT2D eigenvalue weighted by Crippen LogP contribution is 2.32. The zero-order chi connectivity index (χ0) is 26.5. The lowest BCUT2D eigenvalue weighted by Gasteiger charge is -2.12. The number of ether oxygens (including phenoxy) is 2. The van der Waals surface area contributed by atoms with Crippen molar-refractivity contribution in [2.45, 2.75) is 19.6 Å². The Morgan fingerprint density at radius 1 is 0.703 bits per heavy atom. The van der Waals surface area contributed by atoms with Crippen LogP contribution in [0.25, 0.3) is 22.3 Å². The van der Waals surface area contributed by atoms with Crippen molar-refractivity contribution >= 4 is 0 Å². The second-order valence-corrected chi connectivity index (χ2v) is 8.36. The van der Waals surface area contributed by atoms with Crippen LogP contribution < -0.4 is 9.47 Å². The van der Waals surface area contributed by atoms with Crippen molar-refractivity contribution in [3.63, 3.8) is 0 Å². The Bertz CT molecular complexity index is 1400. The molecular weight excluding hydrogens is 484 g/mol. The highest BCUT2D eigenvalue weighted by molar-refractivity contribution is 5.66. The van der Waals surface area contributed by atoms with Crippen LogP contribution in [-0.4, -0.2) is 11.7 Å². The Labute approximate surface area is 212 Å². The van der Waals surface area contributed by atoms with E-state index in [0.29, 0.717) is 22.3 Å². The third kappa shape index (κ3) is 5.67. The summed E-state index contributed by atoms with van der Waals surface area (Å²) in [6, 6.07) is 18.5. The summed E-state index contributed by atoms with van der Waals surface area (Å²) in [4.78, 5) is 0. The number of benzene rings is 4. The topological polar surface area (TPSA) is 38.7 Å². The molecule has 1 unspecified atom stereocenters. The molecule has 1 atom stereocenters. The average Bonchev–Trinajstić information content (AvgIpc) is 2.91. The molecule has 4 aromatic carbocycles. The Hall–Kier alpha value is -4.10. The highest BCUT2D eigenvalue weighted by Gasteiger charge is 2.18. The predicted octanol–water partition coefficient (Wildman–Crippen LogP) is 7.77.